The molecule has 96 valence electrons. The number of benzene rings is 2. The molecule has 0 spiro atoms. The zero-order valence-electron chi connectivity index (χ0n) is 9.59. The maximum Gasteiger partial charge on any atom is 0.257 e. The van der Waals surface area contributed by atoms with Crippen molar-refractivity contribution in [2.24, 2.45) is 5.73 Å². The van der Waals surface area contributed by atoms with Gasteiger partial charge in [0.2, 0.25) is 0 Å². The number of hydrogen-bond donors (Lipinski definition) is 1. The molecule has 0 bridgehead atoms. The van der Waals surface area contributed by atoms with E-state index in [1.165, 1.54) is 0 Å². The Labute approximate surface area is 111 Å². The summed E-state index contributed by atoms with van der Waals surface area (Å²) >= 11 is 0. The van der Waals surface area contributed by atoms with Gasteiger partial charge in [0, 0.05) is 0 Å². The monoisotopic (exact) mass is 269 g/mol. The fourth-order valence-electron chi connectivity index (χ4n) is 1.70. The highest BCUT2D eigenvalue weighted by Crippen LogP contribution is 2.24. The molecule has 1 nitrogen and oxygen atoms in total. The van der Waals surface area contributed by atoms with Crippen LogP contribution in [-0.2, 0) is 0 Å². The fraction of sp³-hybridized carbons (Fsp3) is 0.143. The average molecular weight is 270 g/mol. The Morgan fingerprint density at radius 2 is 1.44 bits per heavy atom. The van der Waals surface area contributed by atoms with Crippen LogP contribution in [0.25, 0.3) is 11.1 Å². The first-order chi connectivity index (χ1) is 8.18. The number of rotatable bonds is 3. The molecule has 2 rings (SSSR count). The lowest BCUT2D eigenvalue weighted by molar-refractivity contribution is 0.116. The summed E-state index contributed by atoms with van der Waals surface area (Å²) in [5, 5.41) is 0. The Hall–Kier alpha value is -1.45. The van der Waals surface area contributed by atoms with Crippen LogP contribution in [0.15, 0.2) is 54.6 Å². The lowest BCUT2D eigenvalue weighted by Gasteiger charge is -2.12. The zero-order chi connectivity index (χ0) is 12.3. The molecule has 0 aliphatic carbocycles. The van der Waals surface area contributed by atoms with Gasteiger partial charge >= 0.3 is 0 Å². The molecule has 0 unspecified atom stereocenters. The molecule has 0 amide bonds. The van der Waals surface area contributed by atoms with Gasteiger partial charge in [0.15, 0.2) is 0 Å². The second-order valence-corrected chi connectivity index (χ2v) is 3.85. The van der Waals surface area contributed by atoms with Gasteiger partial charge in [-0.25, -0.2) is 8.78 Å². The third kappa shape index (κ3) is 3.28. The van der Waals surface area contributed by atoms with Gasteiger partial charge in [-0.05, 0) is 22.8 Å². The van der Waals surface area contributed by atoms with Crippen molar-refractivity contribution >= 4 is 12.4 Å². The molecular formula is C14H14ClF2N. The predicted octanol–water partition coefficient (Wildman–Crippen LogP) is 4.04. The summed E-state index contributed by atoms with van der Waals surface area (Å²) in [5.41, 5.74) is 7.79. The molecule has 0 aliphatic rings. The van der Waals surface area contributed by atoms with Gasteiger partial charge in [0.1, 0.15) is 0 Å². The van der Waals surface area contributed by atoms with Crippen molar-refractivity contribution < 1.29 is 8.78 Å². The minimum atomic E-state index is -2.54. The van der Waals surface area contributed by atoms with E-state index in [1.54, 1.807) is 18.2 Å². The molecule has 2 aromatic rings. The molecule has 1 atom stereocenters. The van der Waals surface area contributed by atoms with Crippen molar-refractivity contribution in [3.8, 4) is 11.1 Å². The van der Waals surface area contributed by atoms with Gasteiger partial charge in [0.05, 0.1) is 6.04 Å². The van der Waals surface area contributed by atoms with Crippen molar-refractivity contribution in [3.63, 3.8) is 0 Å². The molecule has 2 aromatic carbocycles. The zero-order valence-corrected chi connectivity index (χ0v) is 10.4. The van der Waals surface area contributed by atoms with Gasteiger partial charge in [-0.15, -0.1) is 12.4 Å². The smallest absolute Gasteiger partial charge is 0.257 e. The third-order valence-corrected chi connectivity index (χ3v) is 2.65. The van der Waals surface area contributed by atoms with Crippen molar-refractivity contribution in [2.75, 3.05) is 0 Å². The van der Waals surface area contributed by atoms with Gasteiger partial charge in [-0.2, -0.15) is 0 Å². The van der Waals surface area contributed by atoms with Crippen LogP contribution < -0.4 is 5.73 Å². The average Bonchev–Trinajstić information content (AvgIpc) is 2.39. The summed E-state index contributed by atoms with van der Waals surface area (Å²) in [6, 6.07) is 15.4. The summed E-state index contributed by atoms with van der Waals surface area (Å²) in [5.74, 6) is 0. The first-order valence-electron chi connectivity index (χ1n) is 5.37. The van der Waals surface area contributed by atoms with Gasteiger partial charge in [-0.3, -0.25) is 0 Å². The van der Waals surface area contributed by atoms with E-state index in [9.17, 15) is 8.78 Å². The molecule has 4 heteroatoms. The molecule has 0 saturated heterocycles. The summed E-state index contributed by atoms with van der Waals surface area (Å²) in [6.07, 6.45) is -2.54. The number of halogens is 3. The van der Waals surface area contributed by atoms with Crippen molar-refractivity contribution in [1.29, 1.82) is 0 Å². The van der Waals surface area contributed by atoms with Crippen LogP contribution in [0.1, 0.15) is 11.6 Å². The maximum absolute atomic E-state index is 12.5. The van der Waals surface area contributed by atoms with E-state index in [4.69, 9.17) is 5.73 Å². The van der Waals surface area contributed by atoms with E-state index in [2.05, 4.69) is 0 Å². The van der Waals surface area contributed by atoms with Gasteiger partial charge < -0.3 is 5.73 Å². The fourth-order valence-corrected chi connectivity index (χ4v) is 1.70. The second kappa shape index (κ2) is 6.47. The highest BCUT2D eigenvalue weighted by molar-refractivity contribution is 5.85. The lowest BCUT2D eigenvalue weighted by Crippen LogP contribution is -2.18. The minimum absolute atomic E-state index is 0. The van der Waals surface area contributed by atoms with Crippen molar-refractivity contribution in [2.45, 2.75) is 12.5 Å². The van der Waals surface area contributed by atoms with Crippen LogP contribution >= 0.6 is 12.4 Å². The molecule has 18 heavy (non-hydrogen) atoms. The summed E-state index contributed by atoms with van der Waals surface area (Å²) in [4.78, 5) is 0. The van der Waals surface area contributed by atoms with Gasteiger partial charge in [0.25, 0.3) is 6.43 Å². The number of nitrogens with two attached hydrogens (primary N) is 1. The minimum Gasteiger partial charge on any atom is -0.319 e. The third-order valence-electron chi connectivity index (χ3n) is 2.65. The molecule has 0 aromatic heterocycles. The molecular weight excluding hydrogens is 256 g/mol. The summed E-state index contributed by atoms with van der Waals surface area (Å²) in [7, 11) is 0. The van der Waals surface area contributed by atoms with E-state index < -0.39 is 12.5 Å². The van der Waals surface area contributed by atoms with E-state index in [1.807, 2.05) is 36.4 Å². The van der Waals surface area contributed by atoms with Crippen LogP contribution in [0.5, 0.6) is 0 Å². The van der Waals surface area contributed by atoms with E-state index in [-0.39, 0.29) is 12.4 Å². The Morgan fingerprint density at radius 3 is 2.06 bits per heavy atom. The molecule has 2 N–H and O–H groups in total. The standard InChI is InChI=1S/C14H13F2N.ClH/c15-14(16)13(17)12-8-4-7-11(9-12)10-5-2-1-3-6-10;/h1-9,13-14H,17H2;1H/t13-;/m1./s1. The first kappa shape index (κ1) is 14.6. The maximum atomic E-state index is 12.5. The quantitative estimate of drug-likeness (QED) is 0.894. The first-order valence-corrected chi connectivity index (χ1v) is 5.37. The highest BCUT2D eigenvalue weighted by Gasteiger charge is 2.17. The van der Waals surface area contributed by atoms with E-state index in [0.717, 1.165) is 11.1 Å². The molecule has 0 fully saturated rings. The molecule has 0 aliphatic heterocycles. The van der Waals surface area contributed by atoms with E-state index in [0.29, 0.717) is 5.56 Å². The summed E-state index contributed by atoms with van der Waals surface area (Å²) in [6.45, 7) is 0. The Kier molecular flexibility index (Phi) is 5.25. The predicted molar refractivity (Wildman–Crippen MR) is 72.1 cm³/mol. The Balaban J connectivity index is 0.00000162. The highest BCUT2D eigenvalue weighted by atomic mass is 35.5. The van der Waals surface area contributed by atoms with Crippen LogP contribution in [0, 0.1) is 0 Å². The SMILES string of the molecule is Cl.N[C@H](c1cccc(-c2ccccc2)c1)C(F)F. The van der Waals surface area contributed by atoms with Crippen molar-refractivity contribution in [3.05, 3.63) is 60.2 Å². The molecule has 0 radical (unpaired) electrons. The topological polar surface area (TPSA) is 26.0 Å². The van der Waals surface area contributed by atoms with E-state index >= 15 is 0 Å². The second-order valence-electron chi connectivity index (χ2n) is 3.85. The van der Waals surface area contributed by atoms with Crippen LogP contribution in [0.3, 0.4) is 0 Å². The normalized spacial score (nSPS) is 12.0. The van der Waals surface area contributed by atoms with Gasteiger partial charge in [-0.1, -0.05) is 48.5 Å². The number of hydrogen-bond acceptors (Lipinski definition) is 1. The van der Waals surface area contributed by atoms with Crippen LogP contribution in [-0.4, -0.2) is 6.43 Å². The summed E-state index contributed by atoms with van der Waals surface area (Å²) < 4.78 is 25.0. The molecule has 0 heterocycles. The Bertz CT molecular complexity index is 488. The number of alkyl halides is 2. The lowest BCUT2D eigenvalue weighted by atomic mass is 10.00. The van der Waals surface area contributed by atoms with Crippen LogP contribution in [0.2, 0.25) is 0 Å². The molecule has 0 saturated carbocycles. The largest absolute Gasteiger partial charge is 0.319 e. The Morgan fingerprint density at radius 1 is 0.833 bits per heavy atom. The van der Waals surface area contributed by atoms with Crippen molar-refractivity contribution in [1.82, 2.24) is 0 Å². The van der Waals surface area contributed by atoms with Crippen LogP contribution in [0.4, 0.5) is 8.78 Å².